The summed E-state index contributed by atoms with van der Waals surface area (Å²) in [5.41, 5.74) is 0. The van der Waals surface area contributed by atoms with Gasteiger partial charge in [0.2, 0.25) is 0 Å². The standard InChI is InChI=1S/C14H28N4/c1-15-14(17-13-6-4-3-5-7-13)16-10-12-8-9-18(2)11-12/h12-13H,3-11H2,1-2H3,(H2,15,16,17). The van der Waals surface area contributed by atoms with Gasteiger partial charge in [0.25, 0.3) is 0 Å². The monoisotopic (exact) mass is 252 g/mol. The maximum atomic E-state index is 4.34. The van der Waals surface area contributed by atoms with Gasteiger partial charge in [-0.2, -0.15) is 0 Å². The van der Waals surface area contributed by atoms with Gasteiger partial charge in [-0.1, -0.05) is 19.3 Å². The van der Waals surface area contributed by atoms with Crippen LogP contribution >= 0.6 is 0 Å². The third kappa shape index (κ3) is 4.16. The van der Waals surface area contributed by atoms with Crippen molar-refractivity contribution in [1.29, 1.82) is 0 Å². The summed E-state index contributed by atoms with van der Waals surface area (Å²) in [5.74, 6) is 1.77. The number of hydrogen-bond acceptors (Lipinski definition) is 2. The van der Waals surface area contributed by atoms with E-state index in [0.717, 1.165) is 18.4 Å². The van der Waals surface area contributed by atoms with Crippen molar-refractivity contribution >= 4 is 5.96 Å². The van der Waals surface area contributed by atoms with Crippen molar-refractivity contribution in [1.82, 2.24) is 15.5 Å². The molecule has 18 heavy (non-hydrogen) atoms. The molecule has 0 aromatic rings. The van der Waals surface area contributed by atoms with Gasteiger partial charge >= 0.3 is 0 Å². The lowest BCUT2D eigenvalue weighted by Crippen LogP contribution is -2.45. The second kappa shape index (κ2) is 6.98. The van der Waals surface area contributed by atoms with Crippen molar-refractivity contribution in [3.05, 3.63) is 0 Å². The maximum Gasteiger partial charge on any atom is 0.191 e. The van der Waals surface area contributed by atoms with Crippen molar-refractivity contribution < 1.29 is 0 Å². The summed E-state index contributed by atoms with van der Waals surface area (Å²) in [7, 11) is 4.08. The van der Waals surface area contributed by atoms with Gasteiger partial charge in [0, 0.05) is 26.2 Å². The maximum absolute atomic E-state index is 4.34. The van der Waals surface area contributed by atoms with Crippen LogP contribution in [0.2, 0.25) is 0 Å². The molecule has 0 amide bonds. The molecule has 1 saturated heterocycles. The van der Waals surface area contributed by atoms with Crippen molar-refractivity contribution in [2.75, 3.05) is 33.7 Å². The molecule has 0 spiro atoms. The number of rotatable bonds is 3. The summed E-state index contributed by atoms with van der Waals surface area (Å²) < 4.78 is 0. The average Bonchev–Trinajstić information content (AvgIpc) is 2.81. The molecule has 2 N–H and O–H groups in total. The number of likely N-dealkylation sites (tertiary alicyclic amines) is 1. The lowest BCUT2D eigenvalue weighted by atomic mass is 9.96. The highest BCUT2D eigenvalue weighted by atomic mass is 15.2. The van der Waals surface area contributed by atoms with Crippen molar-refractivity contribution in [2.45, 2.75) is 44.6 Å². The quantitative estimate of drug-likeness (QED) is 0.590. The van der Waals surface area contributed by atoms with Crippen LogP contribution < -0.4 is 10.6 Å². The lowest BCUT2D eigenvalue weighted by Gasteiger charge is -2.25. The summed E-state index contributed by atoms with van der Waals surface area (Å²) in [6.45, 7) is 3.51. The predicted octanol–water partition coefficient (Wildman–Crippen LogP) is 1.44. The molecule has 1 atom stereocenters. The molecule has 2 rings (SSSR count). The minimum Gasteiger partial charge on any atom is -0.356 e. The highest BCUT2D eigenvalue weighted by molar-refractivity contribution is 5.79. The van der Waals surface area contributed by atoms with Gasteiger partial charge in [0.05, 0.1) is 0 Å². The third-order valence-corrected chi connectivity index (χ3v) is 4.22. The first-order chi connectivity index (χ1) is 8.78. The van der Waals surface area contributed by atoms with Gasteiger partial charge in [-0.05, 0) is 38.8 Å². The topological polar surface area (TPSA) is 39.7 Å². The molecule has 1 aliphatic heterocycles. The highest BCUT2D eigenvalue weighted by Gasteiger charge is 2.20. The molecule has 0 radical (unpaired) electrons. The molecule has 1 unspecified atom stereocenters. The second-order valence-corrected chi connectivity index (χ2v) is 5.85. The van der Waals surface area contributed by atoms with E-state index in [0.29, 0.717) is 6.04 Å². The van der Waals surface area contributed by atoms with Crippen LogP contribution in [-0.4, -0.2) is 50.6 Å². The fourth-order valence-corrected chi connectivity index (χ4v) is 3.07. The molecular weight excluding hydrogens is 224 g/mol. The Morgan fingerprint density at radius 2 is 2.00 bits per heavy atom. The van der Waals surface area contributed by atoms with E-state index in [9.17, 15) is 0 Å². The molecule has 1 aliphatic carbocycles. The molecule has 0 aromatic carbocycles. The number of aliphatic imine (C=N–C) groups is 1. The minimum absolute atomic E-state index is 0.635. The fraction of sp³-hybridized carbons (Fsp3) is 0.929. The molecule has 104 valence electrons. The van der Waals surface area contributed by atoms with Gasteiger partial charge in [0.1, 0.15) is 0 Å². The number of nitrogens with one attached hydrogen (secondary N) is 2. The SMILES string of the molecule is CN=C(NCC1CCN(C)C1)NC1CCCCC1. The van der Waals surface area contributed by atoms with Crippen LogP contribution in [0.15, 0.2) is 4.99 Å². The molecule has 2 aliphatic rings. The number of hydrogen-bond donors (Lipinski definition) is 2. The Labute approximate surface area is 111 Å². The van der Waals surface area contributed by atoms with Crippen LogP contribution in [0.1, 0.15) is 38.5 Å². The van der Waals surface area contributed by atoms with Gasteiger partial charge < -0.3 is 15.5 Å². The van der Waals surface area contributed by atoms with E-state index in [-0.39, 0.29) is 0 Å². The smallest absolute Gasteiger partial charge is 0.191 e. The number of guanidine groups is 1. The molecule has 1 saturated carbocycles. The van der Waals surface area contributed by atoms with Gasteiger partial charge in [-0.3, -0.25) is 4.99 Å². The lowest BCUT2D eigenvalue weighted by molar-refractivity contribution is 0.390. The zero-order chi connectivity index (χ0) is 12.8. The van der Waals surface area contributed by atoms with E-state index in [2.05, 4.69) is 27.6 Å². The Morgan fingerprint density at radius 1 is 1.22 bits per heavy atom. The molecule has 0 aromatic heterocycles. The largest absolute Gasteiger partial charge is 0.356 e. The van der Waals surface area contributed by atoms with Crippen LogP contribution in [0.4, 0.5) is 0 Å². The van der Waals surface area contributed by atoms with Crippen molar-refractivity contribution in [3.8, 4) is 0 Å². The van der Waals surface area contributed by atoms with Crippen molar-refractivity contribution in [3.63, 3.8) is 0 Å². The first kappa shape index (κ1) is 13.7. The van der Waals surface area contributed by atoms with Gasteiger partial charge in [-0.15, -0.1) is 0 Å². The van der Waals surface area contributed by atoms with E-state index in [1.807, 2.05) is 7.05 Å². The fourth-order valence-electron chi connectivity index (χ4n) is 3.07. The third-order valence-electron chi connectivity index (χ3n) is 4.22. The first-order valence-corrected chi connectivity index (χ1v) is 7.43. The normalized spacial score (nSPS) is 27.4. The van der Waals surface area contributed by atoms with Gasteiger partial charge in [0.15, 0.2) is 5.96 Å². The minimum atomic E-state index is 0.635. The van der Waals surface area contributed by atoms with E-state index in [1.54, 1.807) is 0 Å². The van der Waals surface area contributed by atoms with Gasteiger partial charge in [-0.25, -0.2) is 0 Å². The van der Waals surface area contributed by atoms with E-state index < -0.39 is 0 Å². The van der Waals surface area contributed by atoms with Crippen LogP contribution in [-0.2, 0) is 0 Å². The Bertz CT molecular complexity index is 271. The summed E-state index contributed by atoms with van der Waals surface area (Å²) in [6.07, 6.45) is 8.03. The van der Waals surface area contributed by atoms with Crippen LogP contribution in [0.25, 0.3) is 0 Å². The molecule has 1 heterocycles. The number of nitrogens with zero attached hydrogens (tertiary/aromatic N) is 2. The second-order valence-electron chi connectivity index (χ2n) is 5.85. The zero-order valence-electron chi connectivity index (χ0n) is 11.9. The summed E-state index contributed by atoms with van der Waals surface area (Å²) >= 11 is 0. The summed E-state index contributed by atoms with van der Waals surface area (Å²) in [6, 6.07) is 0.635. The molecular formula is C14H28N4. The summed E-state index contributed by atoms with van der Waals surface area (Å²) in [4.78, 5) is 6.75. The Morgan fingerprint density at radius 3 is 2.61 bits per heavy atom. The molecule has 0 bridgehead atoms. The zero-order valence-corrected chi connectivity index (χ0v) is 11.9. The molecule has 2 fully saturated rings. The van der Waals surface area contributed by atoms with Crippen LogP contribution in [0.3, 0.4) is 0 Å². The van der Waals surface area contributed by atoms with E-state index >= 15 is 0 Å². The predicted molar refractivity (Wildman–Crippen MR) is 77.0 cm³/mol. The average molecular weight is 252 g/mol. The first-order valence-electron chi connectivity index (χ1n) is 7.43. The summed E-state index contributed by atoms with van der Waals surface area (Å²) in [5, 5.41) is 7.06. The highest BCUT2D eigenvalue weighted by Crippen LogP contribution is 2.17. The Balaban J connectivity index is 1.68. The van der Waals surface area contributed by atoms with E-state index in [1.165, 1.54) is 51.6 Å². The molecule has 4 heteroatoms. The van der Waals surface area contributed by atoms with Crippen molar-refractivity contribution in [2.24, 2.45) is 10.9 Å². The van der Waals surface area contributed by atoms with Crippen LogP contribution in [0.5, 0.6) is 0 Å². The Hall–Kier alpha value is -0.770. The van der Waals surface area contributed by atoms with E-state index in [4.69, 9.17) is 0 Å². The Kier molecular flexibility index (Phi) is 5.29. The van der Waals surface area contributed by atoms with Crippen LogP contribution in [0, 0.1) is 5.92 Å². The molecule has 4 nitrogen and oxygen atoms in total.